The molecular formula is C14H19ClN2O2. The predicted molar refractivity (Wildman–Crippen MR) is 76.9 cm³/mol. The Labute approximate surface area is 118 Å². The molecule has 0 spiro atoms. The Morgan fingerprint density at radius 1 is 1.53 bits per heavy atom. The maximum absolute atomic E-state index is 12.3. The zero-order chi connectivity index (χ0) is 13.8. The first kappa shape index (κ1) is 14.2. The van der Waals surface area contributed by atoms with Gasteiger partial charge in [-0.3, -0.25) is 4.79 Å². The van der Waals surface area contributed by atoms with Crippen molar-refractivity contribution in [3.8, 4) is 0 Å². The maximum atomic E-state index is 12.3. The second-order valence-corrected chi connectivity index (χ2v) is 5.10. The lowest BCUT2D eigenvalue weighted by Crippen LogP contribution is -2.39. The smallest absolute Gasteiger partial charge is 0.253 e. The molecule has 2 unspecified atom stereocenters. The summed E-state index contributed by atoms with van der Waals surface area (Å²) < 4.78 is 5.45. The van der Waals surface area contributed by atoms with E-state index in [1.165, 1.54) is 0 Å². The first-order valence-corrected chi connectivity index (χ1v) is 6.95. The van der Waals surface area contributed by atoms with Crippen LogP contribution in [0.5, 0.6) is 0 Å². The standard InChI is InChI=1S/C14H19ClN2O2/c1-3-16-13-5-4-10(15)8-11(13)14(18)17-12-6-7-19-9(12)2/h4-5,8-9,12,16H,3,6-7H2,1-2H3,(H,17,18). The Hall–Kier alpha value is -1.26. The van der Waals surface area contributed by atoms with Crippen molar-refractivity contribution in [2.75, 3.05) is 18.5 Å². The number of nitrogens with one attached hydrogen (secondary N) is 2. The van der Waals surface area contributed by atoms with Crippen molar-refractivity contribution in [2.45, 2.75) is 32.4 Å². The Balaban J connectivity index is 2.15. The van der Waals surface area contributed by atoms with Crippen LogP contribution in [0.4, 0.5) is 5.69 Å². The largest absolute Gasteiger partial charge is 0.385 e. The van der Waals surface area contributed by atoms with Crippen molar-refractivity contribution in [1.29, 1.82) is 0 Å². The molecule has 0 aromatic heterocycles. The molecule has 0 saturated carbocycles. The molecule has 1 saturated heterocycles. The molecule has 0 radical (unpaired) electrons. The molecule has 1 aromatic rings. The molecule has 5 heteroatoms. The van der Waals surface area contributed by atoms with Crippen molar-refractivity contribution in [1.82, 2.24) is 5.32 Å². The van der Waals surface area contributed by atoms with Gasteiger partial charge in [-0.1, -0.05) is 11.6 Å². The van der Waals surface area contributed by atoms with Gasteiger partial charge in [0.05, 0.1) is 17.7 Å². The molecule has 1 aromatic carbocycles. The van der Waals surface area contributed by atoms with Crippen molar-refractivity contribution in [3.63, 3.8) is 0 Å². The number of hydrogen-bond donors (Lipinski definition) is 2. The molecule has 1 aliphatic heterocycles. The number of carbonyl (C=O) groups excluding carboxylic acids is 1. The van der Waals surface area contributed by atoms with Crippen LogP contribution in [0, 0.1) is 0 Å². The average molecular weight is 283 g/mol. The molecule has 0 aliphatic carbocycles. The third-order valence-corrected chi connectivity index (χ3v) is 3.52. The summed E-state index contributed by atoms with van der Waals surface area (Å²) >= 11 is 5.97. The number of anilines is 1. The van der Waals surface area contributed by atoms with Gasteiger partial charge in [-0.2, -0.15) is 0 Å². The number of rotatable bonds is 4. The van der Waals surface area contributed by atoms with Gasteiger partial charge in [0.2, 0.25) is 0 Å². The highest BCUT2D eigenvalue weighted by Gasteiger charge is 2.26. The van der Waals surface area contributed by atoms with Crippen LogP contribution in [0.1, 0.15) is 30.6 Å². The average Bonchev–Trinajstić information content (AvgIpc) is 2.77. The quantitative estimate of drug-likeness (QED) is 0.893. The zero-order valence-electron chi connectivity index (χ0n) is 11.2. The van der Waals surface area contributed by atoms with Gasteiger partial charge < -0.3 is 15.4 Å². The van der Waals surface area contributed by atoms with Crippen LogP contribution in [-0.4, -0.2) is 31.2 Å². The van der Waals surface area contributed by atoms with E-state index in [0.29, 0.717) is 17.2 Å². The summed E-state index contributed by atoms with van der Waals surface area (Å²) in [6.07, 6.45) is 0.912. The fraction of sp³-hybridized carbons (Fsp3) is 0.500. The van der Waals surface area contributed by atoms with Crippen LogP contribution in [0.25, 0.3) is 0 Å². The van der Waals surface area contributed by atoms with E-state index in [-0.39, 0.29) is 18.1 Å². The predicted octanol–water partition coefficient (Wildman–Crippen LogP) is 2.68. The highest BCUT2D eigenvalue weighted by Crippen LogP contribution is 2.22. The van der Waals surface area contributed by atoms with Gasteiger partial charge >= 0.3 is 0 Å². The van der Waals surface area contributed by atoms with Crippen molar-refractivity contribution >= 4 is 23.2 Å². The fourth-order valence-electron chi connectivity index (χ4n) is 2.22. The second-order valence-electron chi connectivity index (χ2n) is 4.66. The van der Waals surface area contributed by atoms with Crippen LogP contribution in [0.2, 0.25) is 5.02 Å². The van der Waals surface area contributed by atoms with Gasteiger partial charge in [0.25, 0.3) is 5.91 Å². The Morgan fingerprint density at radius 2 is 2.32 bits per heavy atom. The lowest BCUT2D eigenvalue weighted by atomic mass is 10.1. The summed E-state index contributed by atoms with van der Waals surface area (Å²) in [5, 5.41) is 6.74. The third kappa shape index (κ3) is 3.39. The minimum Gasteiger partial charge on any atom is -0.385 e. The topological polar surface area (TPSA) is 50.4 Å². The molecule has 1 amide bonds. The van der Waals surface area contributed by atoms with Crippen molar-refractivity contribution in [2.24, 2.45) is 0 Å². The van der Waals surface area contributed by atoms with E-state index in [4.69, 9.17) is 16.3 Å². The normalized spacial score (nSPS) is 22.3. The SMILES string of the molecule is CCNc1ccc(Cl)cc1C(=O)NC1CCOC1C. The number of ether oxygens (including phenoxy) is 1. The number of amides is 1. The highest BCUT2D eigenvalue weighted by molar-refractivity contribution is 6.31. The third-order valence-electron chi connectivity index (χ3n) is 3.29. The number of halogens is 1. The summed E-state index contributed by atoms with van der Waals surface area (Å²) in [5.74, 6) is -0.110. The molecule has 2 N–H and O–H groups in total. The van der Waals surface area contributed by atoms with E-state index < -0.39 is 0 Å². The molecule has 19 heavy (non-hydrogen) atoms. The summed E-state index contributed by atoms with van der Waals surface area (Å²) in [4.78, 5) is 12.3. The zero-order valence-corrected chi connectivity index (χ0v) is 12.0. The molecule has 104 valence electrons. The summed E-state index contributed by atoms with van der Waals surface area (Å²) in [6.45, 7) is 5.41. The maximum Gasteiger partial charge on any atom is 0.253 e. The fourth-order valence-corrected chi connectivity index (χ4v) is 2.39. The summed E-state index contributed by atoms with van der Waals surface area (Å²) in [5.41, 5.74) is 1.38. The lowest BCUT2D eigenvalue weighted by Gasteiger charge is -2.18. The molecular weight excluding hydrogens is 264 g/mol. The Kier molecular flexibility index (Phi) is 4.66. The van der Waals surface area contributed by atoms with Crippen molar-refractivity contribution in [3.05, 3.63) is 28.8 Å². The molecule has 1 aliphatic rings. The van der Waals surface area contributed by atoms with E-state index >= 15 is 0 Å². The van der Waals surface area contributed by atoms with Gasteiger partial charge in [0, 0.05) is 23.9 Å². The molecule has 2 atom stereocenters. The number of benzene rings is 1. The molecule has 2 rings (SSSR count). The van der Waals surface area contributed by atoms with Crippen molar-refractivity contribution < 1.29 is 9.53 Å². The lowest BCUT2D eigenvalue weighted by molar-refractivity contribution is 0.0867. The second kappa shape index (κ2) is 6.26. The monoisotopic (exact) mass is 282 g/mol. The number of hydrogen-bond acceptors (Lipinski definition) is 3. The highest BCUT2D eigenvalue weighted by atomic mass is 35.5. The van der Waals surface area contributed by atoms with E-state index in [1.54, 1.807) is 12.1 Å². The van der Waals surface area contributed by atoms with Crippen LogP contribution in [0.3, 0.4) is 0 Å². The Bertz CT molecular complexity index is 465. The van der Waals surface area contributed by atoms with E-state index in [2.05, 4.69) is 10.6 Å². The van der Waals surface area contributed by atoms with Crippen LogP contribution in [0.15, 0.2) is 18.2 Å². The molecule has 1 fully saturated rings. The van der Waals surface area contributed by atoms with E-state index in [9.17, 15) is 4.79 Å². The van der Waals surface area contributed by atoms with E-state index in [1.807, 2.05) is 19.9 Å². The van der Waals surface area contributed by atoms with E-state index in [0.717, 1.165) is 18.7 Å². The van der Waals surface area contributed by atoms with Gasteiger partial charge in [-0.25, -0.2) is 0 Å². The van der Waals surface area contributed by atoms with Crippen LogP contribution >= 0.6 is 11.6 Å². The molecule has 4 nitrogen and oxygen atoms in total. The minimum absolute atomic E-state index is 0.0609. The minimum atomic E-state index is -0.110. The first-order chi connectivity index (χ1) is 9.11. The van der Waals surface area contributed by atoms with Gasteiger partial charge in [0.15, 0.2) is 0 Å². The van der Waals surface area contributed by atoms with Crippen LogP contribution < -0.4 is 10.6 Å². The summed E-state index contributed by atoms with van der Waals surface area (Å²) in [6, 6.07) is 5.36. The number of carbonyl (C=O) groups is 1. The van der Waals surface area contributed by atoms with Gasteiger partial charge in [-0.05, 0) is 38.5 Å². The molecule has 1 heterocycles. The van der Waals surface area contributed by atoms with Gasteiger partial charge in [0.1, 0.15) is 0 Å². The summed E-state index contributed by atoms with van der Waals surface area (Å²) in [7, 11) is 0. The van der Waals surface area contributed by atoms with Gasteiger partial charge in [-0.15, -0.1) is 0 Å². The first-order valence-electron chi connectivity index (χ1n) is 6.57. The Morgan fingerprint density at radius 3 is 2.95 bits per heavy atom. The molecule has 0 bridgehead atoms. The van der Waals surface area contributed by atoms with Crippen LogP contribution in [-0.2, 0) is 4.74 Å².